The zero-order valence-corrected chi connectivity index (χ0v) is 17.7. The van der Waals surface area contributed by atoms with Gasteiger partial charge in [-0.15, -0.1) is 0 Å². The van der Waals surface area contributed by atoms with Gasteiger partial charge in [-0.1, -0.05) is 55.0 Å². The minimum atomic E-state index is -1.16. The fraction of sp³-hybridized carbons (Fsp3) is 0. The lowest BCUT2D eigenvalue weighted by Gasteiger charge is -2.03. The number of carbonyl (C=O) groups excluding carboxylic acids is 2. The summed E-state index contributed by atoms with van der Waals surface area (Å²) in [4.78, 5) is 22.8. The summed E-state index contributed by atoms with van der Waals surface area (Å²) in [5, 5.41) is 0. The van der Waals surface area contributed by atoms with Crippen LogP contribution in [0, 0.1) is 35.3 Å². The van der Waals surface area contributed by atoms with E-state index in [1.165, 1.54) is 24.3 Å². The molecule has 0 amide bonds. The van der Waals surface area contributed by atoms with Crippen LogP contribution in [-0.4, -0.2) is 11.9 Å². The van der Waals surface area contributed by atoms with E-state index in [1.807, 2.05) is 0 Å². The van der Waals surface area contributed by atoms with Gasteiger partial charge in [0.25, 0.3) is 0 Å². The largest absolute Gasteiger partial charge is 0.423 e. The summed E-state index contributed by atoms with van der Waals surface area (Å²) < 4.78 is 39.3. The van der Waals surface area contributed by atoms with Crippen molar-refractivity contribution in [3.8, 4) is 35.2 Å². The maximum atomic E-state index is 14.6. The van der Waals surface area contributed by atoms with Crippen molar-refractivity contribution in [2.75, 3.05) is 0 Å². The minimum absolute atomic E-state index is 0.170. The quantitative estimate of drug-likeness (QED) is 0.242. The van der Waals surface area contributed by atoms with Crippen LogP contribution in [0.3, 0.4) is 0 Å². The van der Waals surface area contributed by atoms with Gasteiger partial charge in [0.1, 0.15) is 11.5 Å². The predicted octanol–water partition coefficient (Wildman–Crippen LogP) is 4.95. The third kappa shape index (κ3) is 6.06. The number of ether oxygens (including phenoxy) is 2. The molecule has 166 valence electrons. The SMILES string of the molecule is C=CC(=O)Oc1cccc(C#Cc2ccc(C#Cc3ccccc3OC(=O)C=C)c(F)c2F)c1. The van der Waals surface area contributed by atoms with E-state index in [0.29, 0.717) is 11.1 Å². The number of carbonyl (C=O) groups is 2. The molecule has 3 rings (SSSR count). The first kappa shape index (κ1) is 23.7. The van der Waals surface area contributed by atoms with Crippen molar-refractivity contribution < 1.29 is 27.8 Å². The average Bonchev–Trinajstić information content (AvgIpc) is 2.85. The molecule has 0 unspecified atom stereocenters. The molecule has 3 aromatic carbocycles. The van der Waals surface area contributed by atoms with Gasteiger partial charge >= 0.3 is 11.9 Å². The summed E-state index contributed by atoms with van der Waals surface area (Å²) in [6.07, 6.45) is 2.02. The van der Waals surface area contributed by atoms with Crippen LogP contribution in [0.25, 0.3) is 0 Å². The van der Waals surface area contributed by atoms with Gasteiger partial charge in [-0.05, 0) is 42.5 Å². The van der Waals surface area contributed by atoms with Crippen molar-refractivity contribution in [3.05, 3.63) is 120 Å². The molecule has 0 saturated heterocycles. The first-order valence-electron chi connectivity index (χ1n) is 9.81. The topological polar surface area (TPSA) is 52.6 Å². The Balaban J connectivity index is 1.86. The Morgan fingerprint density at radius 2 is 1.29 bits per heavy atom. The van der Waals surface area contributed by atoms with Crippen molar-refractivity contribution >= 4 is 11.9 Å². The van der Waals surface area contributed by atoms with E-state index < -0.39 is 23.6 Å². The normalized spacial score (nSPS) is 9.47. The van der Waals surface area contributed by atoms with Crippen LogP contribution in [0.1, 0.15) is 22.3 Å². The number of para-hydroxylation sites is 1. The number of hydrogen-bond donors (Lipinski definition) is 0. The van der Waals surface area contributed by atoms with Crippen molar-refractivity contribution in [1.29, 1.82) is 0 Å². The van der Waals surface area contributed by atoms with Gasteiger partial charge in [0.05, 0.1) is 16.7 Å². The van der Waals surface area contributed by atoms with Crippen LogP contribution in [0.5, 0.6) is 11.5 Å². The van der Waals surface area contributed by atoms with E-state index in [-0.39, 0.29) is 22.6 Å². The highest BCUT2D eigenvalue weighted by molar-refractivity contribution is 5.84. The Labute approximate surface area is 195 Å². The monoisotopic (exact) mass is 454 g/mol. The number of hydrogen-bond acceptors (Lipinski definition) is 4. The van der Waals surface area contributed by atoms with Crippen LogP contribution in [0.4, 0.5) is 8.78 Å². The molecule has 0 radical (unpaired) electrons. The standard InChI is InChI=1S/C28H16F2O4/c1-3-25(31)33-23-10-7-8-19(18-23)12-13-21-16-17-22(28(30)27(21)29)15-14-20-9-5-6-11-24(20)34-26(32)4-2/h3-11,16-18H,1-2H2. The van der Waals surface area contributed by atoms with E-state index in [9.17, 15) is 18.4 Å². The number of halogens is 2. The molecule has 0 heterocycles. The third-order valence-corrected chi connectivity index (χ3v) is 4.24. The first-order valence-corrected chi connectivity index (χ1v) is 9.81. The van der Waals surface area contributed by atoms with Gasteiger partial charge in [0, 0.05) is 17.7 Å². The number of rotatable bonds is 4. The summed E-state index contributed by atoms with van der Waals surface area (Å²) in [6.45, 7) is 6.64. The van der Waals surface area contributed by atoms with E-state index in [1.54, 1.807) is 36.4 Å². The number of benzene rings is 3. The fourth-order valence-electron chi connectivity index (χ4n) is 2.62. The second-order valence-corrected chi connectivity index (χ2v) is 6.56. The molecule has 0 atom stereocenters. The van der Waals surface area contributed by atoms with Gasteiger partial charge in [-0.2, -0.15) is 0 Å². The van der Waals surface area contributed by atoms with Crippen LogP contribution in [-0.2, 0) is 9.59 Å². The zero-order valence-electron chi connectivity index (χ0n) is 17.7. The van der Waals surface area contributed by atoms with Gasteiger partial charge in [-0.25, -0.2) is 18.4 Å². The highest BCUT2D eigenvalue weighted by Gasteiger charge is 2.11. The van der Waals surface area contributed by atoms with Gasteiger partial charge in [0.15, 0.2) is 11.6 Å². The fourth-order valence-corrected chi connectivity index (χ4v) is 2.62. The Kier molecular flexibility index (Phi) is 7.73. The van der Waals surface area contributed by atoms with Crippen molar-refractivity contribution in [3.63, 3.8) is 0 Å². The highest BCUT2D eigenvalue weighted by Crippen LogP contribution is 2.19. The summed E-state index contributed by atoms with van der Waals surface area (Å²) in [5.41, 5.74) is 0.394. The van der Waals surface area contributed by atoms with Crippen LogP contribution >= 0.6 is 0 Å². The summed E-state index contributed by atoms with van der Waals surface area (Å²) in [7, 11) is 0. The second kappa shape index (κ2) is 11.1. The molecule has 0 aliphatic carbocycles. The predicted molar refractivity (Wildman–Crippen MR) is 123 cm³/mol. The molecule has 0 saturated carbocycles. The molecule has 0 bridgehead atoms. The molecular weight excluding hydrogens is 438 g/mol. The lowest BCUT2D eigenvalue weighted by Crippen LogP contribution is -2.04. The lowest BCUT2D eigenvalue weighted by atomic mass is 10.1. The van der Waals surface area contributed by atoms with Crippen molar-refractivity contribution in [2.45, 2.75) is 0 Å². The van der Waals surface area contributed by atoms with Crippen LogP contribution in [0.2, 0.25) is 0 Å². The zero-order chi connectivity index (χ0) is 24.5. The lowest BCUT2D eigenvalue weighted by molar-refractivity contribution is -0.129. The van der Waals surface area contributed by atoms with Gasteiger partial charge < -0.3 is 9.47 Å². The summed E-state index contributed by atoms with van der Waals surface area (Å²) in [6, 6.07) is 15.3. The van der Waals surface area contributed by atoms with E-state index in [0.717, 1.165) is 12.2 Å². The Bertz CT molecular complexity index is 1420. The molecule has 34 heavy (non-hydrogen) atoms. The van der Waals surface area contributed by atoms with E-state index in [2.05, 4.69) is 36.8 Å². The molecule has 0 fully saturated rings. The molecular formula is C28H16F2O4. The molecule has 0 spiro atoms. The molecule has 0 N–H and O–H groups in total. The smallest absolute Gasteiger partial charge is 0.335 e. The van der Waals surface area contributed by atoms with Crippen molar-refractivity contribution in [1.82, 2.24) is 0 Å². The van der Waals surface area contributed by atoms with Gasteiger partial charge in [-0.3, -0.25) is 0 Å². The second-order valence-electron chi connectivity index (χ2n) is 6.56. The Hall–Kier alpha value is -4.94. The number of esters is 2. The first-order chi connectivity index (χ1) is 16.4. The van der Waals surface area contributed by atoms with E-state index in [4.69, 9.17) is 9.47 Å². The Morgan fingerprint density at radius 3 is 1.97 bits per heavy atom. The van der Waals surface area contributed by atoms with Crippen LogP contribution in [0.15, 0.2) is 86.0 Å². The molecule has 3 aromatic rings. The molecule has 0 aromatic heterocycles. The molecule has 4 nitrogen and oxygen atoms in total. The van der Waals surface area contributed by atoms with Crippen molar-refractivity contribution in [2.24, 2.45) is 0 Å². The van der Waals surface area contributed by atoms with Crippen LogP contribution < -0.4 is 9.47 Å². The highest BCUT2D eigenvalue weighted by atomic mass is 19.2. The summed E-state index contributed by atoms with van der Waals surface area (Å²) in [5.74, 6) is 7.30. The third-order valence-electron chi connectivity index (χ3n) is 4.24. The molecule has 6 heteroatoms. The Morgan fingerprint density at radius 1 is 0.706 bits per heavy atom. The maximum absolute atomic E-state index is 14.6. The maximum Gasteiger partial charge on any atom is 0.335 e. The minimum Gasteiger partial charge on any atom is -0.423 e. The molecule has 0 aliphatic rings. The summed E-state index contributed by atoms with van der Waals surface area (Å²) >= 11 is 0. The average molecular weight is 454 g/mol. The van der Waals surface area contributed by atoms with Gasteiger partial charge in [0.2, 0.25) is 0 Å². The molecule has 0 aliphatic heterocycles. The van der Waals surface area contributed by atoms with E-state index >= 15 is 0 Å².